The second kappa shape index (κ2) is 10.9. The Hall–Kier alpha value is -1.93. The lowest BCUT2D eigenvalue weighted by Crippen LogP contribution is -2.51. The Morgan fingerprint density at radius 2 is 2.04 bits per heavy atom. The van der Waals surface area contributed by atoms with Gasteiger partial charge in [-0.15, -0.1) is 24.8 Å². The zero-order valence-electron chi connectivity index (χ0n) is 13.8. The summed E-state index contributed by atoms with van der Waals surface area (Å²) in [6, 6.07) is 8.91. The van der Waals surface area contributed by atoms with Gasteiger partial charge >= 0.3 is 0 Å². The molecule has 1 aliphatic heterocycles. The fourth-order valence-corrected chi connectivity index (χ4v) is 2.25. The standard InChI is InChI=1S/C17H18FN3O3.2ClH/c18-13-2-4-14(5-3-13)24-16-6-1-12(9-20-16)10-21-17(22)15-11-23-8-7-19-15;;/h1-6,9,15,19H,7-8,10-11H2,(H,21,22);2*1H. The second-order valence-corrected chi connectivity index (χ2v) is 5.36. The average molecular weight is 404 g/mol. The van der Waals surface area contributed by atoms with Gasteiger partial charge in [-0.25, -0.2) is 9.37 Å². The summed E-state index contributed by atoms with van der Waals surface area (Å²) in [6.45, 7) is 2.06. The number of morpholine rings is 1. The van der Waals surface area contributed by atoms with Gasteiger partial charge in [0.25, 0.3) is 0 Å². The highest BCUT2D eigenvalue weighted by molar-refractivity contribution is 5.85. The largest absolute Gasteiger partial charge is 0.439 e. The zero-order chi connectivity index (χ0) is 16.8. The number of carbonyl (C=O) groups is 1. The van der Waals surface area contributed by atoms with Gasteiger partial charge in [-0.2, -0.15) is 0 Å². The first-order valence-electron chi connectivity index (χ1n) is 7.68. The summed E-state index contributed by atoms with van der Waals surface area (Å²) in [5, 5.41) is 5.94. The van der Waals surface area contributed by atoms with Crippen LogP contribution in [0.1, 0.15) is 5.56 Å². The zero-order valence-corrected chi connectivity index (χ0v) is 15.4. The van der Waals surface area contributed by atoms with E-state index in [9.17, 15) is 9.18 Å². The predicted molar refractivity (Wildman–Crippen MR) is 99.7 cm³/mol. The van der Waals surface area contributed by atoms with Crippen LogP contribution in [0.25, 0.3) is 0 Å². The Kier molecular flexibility index (Phi) is 9.29. The Balaban J connectivity index is 0.00000169. The van der Waals surface area contributed by atoms with Gasteiger partial charge < -0.3 is 20.1 Å². The molecule has 0 radical (unpaired) electrons. The van der Waals surface area contributed by atoms with E-state index >= 15 is 0 Å². The fraction of sp³-hybridized carbons (Fsp3) is 0.294. The summed E-state index contributed by atoms with van der Waals surface area (Å²) in [5.41, 5.74) is 0.853. The average Bonchev–Trinajstić information content (AvgIpc) is 2.63. The van der Waals surface area contributed by atoms with Crippen molar-refractivity contribution in [2.24, 2.45) is 0 Å². The molecule has 0 bridgehead atoms. The van der Waals surface area contributed by atoms with Crippen molar-refractivity contribution in [3.8, 4) is 11.6 Å². The lowest BCUT2D eigenvalue weighted by molar-refractivity contribution is -0.126. The molecule has 0 aliphatic carbocycles. The molecule has 0 spiro atoms. The molecule has 2 heterocycles. The summed E-state index contributed by atoms with van der Waals surface area (Å²) in [5.74, 6) is 0.493. The molecule has 26 heavy (non-hydrogen) atoms. The van der Waals surface area contributed by atoms with Crippen LogP contribution in [0.5, 0.6) is 11.6 Å². The normalized spacial score (nSPS) is 16.0. The van der Waals surface area contributed by atoms with Gasteiger partial charge in [-0.3, -0.25) is 4.79 Å². The summed E-state index contributed by atoms with van der Waals surface area (Å²) in [4.78, 5) is 16.2. The molecule has 1 fully saturated rings. The van der Waals surface area contributed by atoms with E-state index in [1.54, 1.807) is 12.3 Å². The van der Waals surface area contributed by atoms with Crippen LogP contribution in [0.3, 0.4) is 0 Å². The molecule has 1 aromatic heterocycles. The van der Waals surface area contributed by atoms with Crippen molar-refractivity contribution in [3.05, 3.63) is 54.0 Å². The first-order chi connectivity index (χ1) is 11.7. The third kappa shape index (κ3) is 6.42. The van der Waals surface area contributed by atoms with Gasteiger partial charge in [0, 0.05) is 25.4 Å². The number of amides is 1. The van der Waals surface area contributed by atoms with Gasteiger partial charge in [0.15, 0.2) is 0 Å². The van der Waals surface area contributed by atoms with E-state index in [0.717, 1.165) is 5.56 Å². The minimum atomic E-state index is -0.320. The Morgan fingerprint density at radius 3 is 2.65 bits per heavy atom. The molecule has 1 aromatic carbocycles. The van der Waals surface area contributed by atoms with E-state index in [-0.39, 0.29) is 42.6 Å². The molecule has 1 saturated heterocycles. The Bertz CT molecular complexity index is 681. The molecule has 1 atom stereocenters. The lowest BCUT2D eigenvalue weighted by Gasteiger charge is -2.22. The molecule has 2 aromatic rings. The van der Waals surface area contributed by atoms with Crippen LogP contribution < -0.4 is 15.4 Å². The van der Waals surface area contributed by atoms with E-state index in [4.69, 9.17) is 9.47 Å². The maximum atomic E-state index is 12.8. The van der Waals surface area contributed by atoms with Crippen LogP contribution in [0.15, 0.2) is 42.6 Å². The van der Waals surface area contributed by atoms with Crippen LogP contribution in [0.4, 0.5) is 4.39 Å². The second-order valence-electron chi connectivity index (χ2n) is 5.36. The number of ether oxygens (including phenoxy) is 2. The smallest absolute Gasteiger partial charge is 0.239 e. The Morgan fingerprint density at radius 1 is 1.27 bits per heavy atom. The van der Waals surface area contributed by atoms with E-state index in [2.05, 4.69) is 15.6 Å². The number of hydrogen-bond donors (Lipinski definition) is 2. The van der Waals surface area contributed by atoms with Crippen molar-refractivity contribution in [3.63, 3.8) is 0 Å². The van der Waals surface area contributed by atoms with Crippen molar-refractivity contribution in [1.82, 2.24) is 15.6 Å². The monoisotopic (exact) mass is 403 g/mol. The van der Waals surface area contributed by atoms with E-state index in [0.29, 0.717) is 37.9 Å². The molecule has 1 unspecified atom stereocenters. The first-order valence-corrected chi connectivity index (χ1v) is 7.68. The Labute approximate surface area is 163 Å². The lowest BCUT2D eigenvalue weighted by atomic mass is 10.2. The van der Waals surface area contributed by atoms with Gasteiger partial charge in [0.1, 0.15) is 17.6 Å². The number of nitrogens with zero attached hydrogens (tertiary/aromatic N) is 1. The van der Waals surface area contributed by atoms with Crippen LogP contribution in [0, 0.1) is 5.82 Å². The predicted octanol–water partition coefficient (Wildman–Crippen LogP) is 2.46. The highest BCUT2D eigenvalue weighted by Crippen LogP contribution is 2.19. The van der Waals surface area contributed by atoms with Gasteiger partial charge in [0.05, 0.1) is 13.2 Å². The summed E-state index contributed by atoms with van der Waals surface area (Å²) < 4.78 is 23.6. The highest BCUT2D eigenvalue weighted by atomic mass is 35.5. The van der Waals surface area contributed by atoms with Crippen molar-refractivity contribution in [2.75, 3.05) is 19.8 Å². The van der Waals surface area contributed by atoms with E-state index in [1.165, 1.54) is 24.3 Å². The number of pyridine rings is 1. The minimum Gasteiger partial charge on any atom is -0.439 e. The molecule has 142 valence electrons. The van der Waals surface area contributed by atoms with E-state index in [1.807, 2.05) is 6.07 Å². The van der Waals surface area contributed by atoms with Gasteiger partial charge in [-0.1, -0.05) is 6.07 Å². The first kappa shape index (κ1) is 22.1. The minimum absolute atomic E-state index is 0. The molecular weight excluding hydrogens is 384 g/mol. The quantitative estimate of drug-likeness (QED) is 0.801. The molecular formula is C17H20Cl2FN3O3. The third-order valence-electron chi connectivity index (χ3n) is 3.54. The van der Waals surface area contributed by atoms with Crippen LogP contribution in [-0.4, -0.2) is 36.7 Å². The van der Waals surface area contributed by atoms with Gasteiger partial charge in [-0.05, 0) is 29.8 Å². The molecule has 1 amide bonds. The van der Waals surface area contributed by atoms with Crippen LogP contribution in [-0.2, 0) is 16.1 Å². The number of hydrogen-bond acceptors (Lipinski definition) is 5. The van der Waals surface area contributed by atoms with Crippen molar-refractivity contribution >= 4 is 30.7 Å². The number of rotatable bonds is 5. The summed E-state index contributed by atoms with van der Waals surface area (Å²) in [7, 11) is 0. The van der Waals surface area contributed by atoms with Crippen molar-refractivity contribution < 1.29 is 18.7 Å². The number of benzene rings is 1. The number of halogens is 3. The topological polar surface area (TPSA) is 72.5 Å². The molecule has 6 nitrogen and oxygen atoms in total. The highest BCUT2D eigenvalue weighted by Gasteiger charge is 2.20. The van der Waals surface area contributed by atoms with Crippen LogP contribution in [0.2, 0.25) is 0 Å². The third-order valence-corrected chi connectivity index (χ3v) is 3.54. The van der Waals surface area contributed by atoms with Crippen molar-refractivity contribution in [1.29, 1.82) is 0 Å². The summed E-state index contributed by atoms with van der Waals surface area (Å²) >= 11 is 0. The van der Waals surface area contributed by atoms with Gasteiger partial charge in [0.2, 0.25) is 11.8 Å². The molecule has 0 saturated carbocycles. The molecule has 1 aliphatic rings. The van der Waals surface area contributed by atoms with Crippen LogP contribution >= 0.6 is 24.8 Å². The number of nitrogens with one attached hydrogen (secondary N) is 2. The number of carbonyl (C=O) groups excluding carboxylic acids is 1. The maximum Gasteiger partial charge on any atom is 0.239 e. The SMILES string of the molecule is Cl.Cl.O=C(NCc1ccc(Oc2ccc(F)cc2)nc1)C1COCCN1. The maximum absolute atomic E-state index is 12.8. The number of aromatic nitrogens is 1. The molecule has 3 rings (SSSR count). The molecule has 9 heteroatoms. The van der Waals surface area contributed by atoms with Crippen molar-refractivity contribution in [2.45, 2.75) is 12.6 Å². The van der Waals surface area contributed by atoms with E-state index < -0.39 is 0 Å². The summed E-state index contributed by atoms with van der Waals surface area (Å²) in [6.07, 6.45) is 1.63. The fourth-order valence-electron chi connectivity index (χ4n) is 2.25. The molecule has 2 N–H and O–H groups in total.